The fourth-order valence-corrected chi connectivity index (χ4v) is 7.57. The summed E-state index contributed by atoms with van der Waals surface area (Å²) in [4.78, 5) is 23.1. The fourth-order valence-electron chi connectivity index (χ4n) is 7.57. The van der Waals surface area contributed by atoms with Crippen molar-refractivity contribution in [3.63, 3.8) is 0 Å². The molecule has 3 rings (SSSR count). The van der Waals surface area contributed by atoms with Crippen molar-refractivity contribution >= 4 is 11.8 Å². The van der Waals surface area contributed by atoms with E-state index in [0.717, 1.165) is 89.9 Å². The molecule has 262 valence electrons. The maximum Gasteiger partial charge on any atom is 0.309 e. The summed E-state index contributed by atoms with van der Waals surface area (Å²) >= 11 is 0. The van der Waals surface area contributed by atoms with Crippen LogP contribution in [0.25, 0.3) is 0 Å². The molecule has 8 heteroatoms. The van der Waals surface area contributed by atoms with Crippen LogP contribution in [0, 0.1) is 5.92 Å². The van der Waals surface area contributed by atoms with Crippen LogP contribution >= 0.6 is 0 Å². The van der Waals surface area contributed by atoms with E-state index in [1.54, 1.807) is 0 Å². The number of aliphatic hydroxyl groups excluding tert-OH is 3. The maximum absolute atomic E-state index is 11.9. The molecule has 0 radical (unpaired) electrons. The summed E-state index contributed by atoms with van der Waals surface area (Å²) in [6, 6.07) is 0. The fraction of sp³-hybridized carbons (Fsp3) is 0.946. The van der Waals surface area contributed by atoms with Crippen molar-refractivity contribution in [1.82, 2.24) is 0 Å². The van der Waals surface area contributed by atoms with Gasteiger partial charge in [-0.15, -0.1) is 0 Å². The van der Waals surface area contributed by atoms with Gasteiger partial charge in [0.2, 0.25) is 0 Å². The van der Waals surface area contributed by atoms with E-state index in [1.807, 2.05) is 0 Å². The number of unbranched alkanes of at least 4 members (excludes halogenated alkanes) is 10. The molecule has 8 nitrogen and oxygen atoms in total. The first-order chi connectivity index (χ1) is 21.8. The number of carbonyl (C=O) groups excluding carboxylic acids is 2. The smallest absolute Gasteiger partial charge is 0.309 e. The summed E-state index contributed by atoms with van der Waals surface area (Å²) in [6.07, 6.45) is 21.6. The summed E-state index contributed by atoms with van der Waals surface area (Å²) in [7, 11) is 0. The molecule has 3 fully saturated rings. The topological polar surface area (TPSA) is 123 Å². The van der Waals surface area contributed by atoms with Crippen LogP contribution in [0.5, 0.6) is 0 Å². The zero-order valence-corrected chi connectivity index (χ0v) is 28.5. The first-order valence-corrected chi connectivity index (χ1v) is 18.8. The van der Waals surface area contributed by atoms with Gasteiger partial charge in [0.1, 0.15) is 11.9 Å². The van der Waals surface area contributed by atoms with Gasteiger partial charge in [-0.1, -0.05) is 84.0 Å². The number of aliphatic hydroxyl groups is 3. The average molecular weight is 639 g/mol. The molecule has 2 unspecified atom stereocenters. The highest BCUT2D eigenvalue weighted by atomic mass is 16.6. The molecule has 0 aromatic carbocycles. The zero-order valence-electron chi connectivity index (χ0n) is 28.5. The Morgan fingerprint density at radius 1 is 0.711 bits per heavy atom. The molecule has 0 bridgehead atoms. The number of Topliss-reactive ketones (excluding diaryl/α,β-unsaturated/α-hetero) is 1. The minimum absolute atomic E-state index is 0.00878. The van der Waals surface area contributed by atoms with Crippen molar-refractivity contribution in [2.24, 2.45) is 5.92 Å². The predicted molar refractivity (Wildman–Crippen MR) is 176 cm³/mol. The lowest BCUT2D eigenvalue weighted by molar-refractivity contribution is -0.145. The van der Waals surface area contributed by atoms with E-state index < -0.39 is 6.10 Å². The monoisotopic (exact) mass is 638 g/mol. The second-order valence-electron chi connectivity index (χ2n) is 14.5. The number of ether oxygens (including phenoxy) is 3. The molecule has 0 aliphatic carbocycles. The van der Waals surface area contributed by atoms with Crippen molar-refractivity contribution in [3.05, 3.63) is 0 Å². The van der Waals surface area contributed by atoms with E-state index >= 15 is 0 Å². The summed E-state index contributed by atoms with van der Waals surface area (Å²) in [6.45, 7) is 3.76. The second kappa shape index (κ2) is 21.7. The van der Waals surface area contributed by atoms with Crippen molar-refractivity contribution in [1.29, 1.82) is 0 Å². The Balaban J connectivity index is 1.16. The van der Waals surface area contributed by atoms with Crippen LogP contribution in [0.1, 0.15) is 168 Å². The SMILES string of the molecule is CCCCCCCCCC[C@@H](O)[C@H]1CC[C@H]([C@H]2CC[C@H]([C@H](O)CCCC[C@H](O)CCCCCC3CC(CC(C)=O)C(=O)O3)O2)O1. The Morgan fingerprint density at radius 3 is 1.78 bits per heavy atom. The van der Waals surface area contributed by atoms with Crippen molar-refractivity contribution < 1.29 is 39.1 Å². The lowest BCUT2D eigenvalue weighted by Gasteiger charge is -2.24. The standard InChI is InChI=1S/C37H66O8/c1-3-4-5-6-7-8-9-13-19-31(40)33-21-23-35(44-33)36-24-22-34(45-36)32(41)20-15-14-17-29(39)16-11-10-12-18-30-26-28(25-27(2)38)37(42)43-30/h28-36,39-41H,3-26H2,1-2H3/t28?,29-,30?,31-,32-,33-,34-,35-,36-/m1/s1. The van der Waals surface area contributed by atoms with Gasteiger partial charge in [-0.2, -0.15) is 0 Å². The van der Waals surface area contributed by atoms with E-state index in [4.69, 9.17) is 14.2 Å². The predicted octanol–water partition coefficient (Wildman–Crippen LogP) is 7.12. The molecule has 3 saturated heterocycles. The normalized spacial score (nSPS) is 28.8. The van der Waals surface area contributed by atoms with Gasteiger partial charge in [0.25, 0.3) is 0 Å². The highest BCUT2D eigenvalue weighted by Crippen LogP contribution is 2.35. The number of hydrogen-bond acceptors (Lipinski definition) is 8. The first kappa shape index (κ1) is 38.4. The molecule has 0 amide bonds. The van der Waals surface area contributed by atoms with Crippen LogP contribution < -0.4 is 0 Å². The van der Waals surface area contributed by atoms with Gasteiger partial charge in [0.05, 0.1) is 48.6 Å². The summed E-state index contributed by atoms with van der Waals surface area (Å²) in [5.74, 6) is -0.463. The number of cyclic esters (lactones) is 1. The molecule has 3 heterocycles. The van der Waals surface area contributed by atoms with Crippen LogP contribution in [0.15, 0.2) is 0 Å². The quantitative estimate of drug-likeness (QED) is 0.0714. The molecule has 3 aliphatic heterocycles. The molecule has 0 aromatic rings. The van der Waals surface area contributed by atoms with Crippen LogP contribution in [-0.2, 0) is 23.8 Å². The van der Waals surface area contributed by atoms with Crippen LogP contribution in [0.2, 0.25) is 0 Å². The van der Waals surface area contributed by atoms with Crippen molar-refractivity contribution in [3.8, 4) is 0 Å². The lowest BCUT2D eigenvalue weighted by atomic mass is 9.96. The van der Waals surface area contributed by atoms with E-state index in [9.17, 15) is 24.9 Å². The first-order valence-electron chi connectivity index (χ1n) is 18.8. The molecule has 45 heavy (non-hydrogen) atoms. The van der Waals surface area contributed by atoms with Crippen molar-refractivity contribution in [2.45, 2.75) is 217 Å². The molecule has 3 N–H and O–H groups in total. The number of hydrogen-bond donors (Lipinski definition) is 3. The third-order valence-electron chi connectivity index (χ3n) is 10.3. The Morgan fingerprint density at radius 2 is 1.20 bits per heavy atom. The van der Waals surface area contributed by atoms with Crippen LogP contribution in [0.3, 0.4) is 0 Å². The van der Waals surface area contributed by atoms with Gasteiger partial charge < -0.3 is 34.3 Å². The van der Waals surface area contributed by atoms with Crippen LogP contribution in [-0.4, -0.2) is 75.9 Å². The minimum Gasteiger partial charge on any atom is -0.462 e. The largest absolute Gasteiger partial charge is 0.462 e. The summed E-state index contributed by atoms with van der Waals surface area (Å²) in [5, 5.41) is 31.8. The molecular formula is C37H66O8. The second-order valence-corrected chi connectivity index (χ2v) is 14.5. The highest BCUT2D eigenvalue weighted by Gasteiger charge is 2.40. The lowest BCUT2D eigenvalue weighted by Crippen LogP contribution is -2.33. The molecule has 0 saturated carbocycles. The van der Waals surface area contributed by atoms with E-state index in [-0.39, 0.29) is 66.8 Å². The van der Waals surface area contributed by atoms with E-state index in [2.05, 4.69) is 6.92 Å². The average Bonchev–Trinajstić information content (AvgIpc) is 3.77. The van der Waals surface area contributed by atoms with Crippen LogP contribution in [0.4, 0.5) is 0 Å². The number of carbonyl (C=O) groups is 2. The number of rotatable bonds is 25. The molecule has 9 atom stereocenters. The molecular weight excluding hydrogens is 572 g/mol. The van der Waals surface area contributed by atoms with Gasteiger partial charge in [0, 0.05) is 6.42 Å². The third kappa shape index (κ3) is 14.7. The molecule has 0 spiro atoms. The van der Waals surface area contributed by atoms with Gasteiger partial charge in [-0.3, -0.25) is 4.79 Å². The van der Waals surface area contributed by atoms with E-state index in [0.29, 0.717) is 12.8 Å². The Kier molecular flexibility index (Phi) is 18.5. The van der Waals surface area contributed by atoms with Gasteiger partial charge in [-0.25, -0.2) is 0 Å². The Bertz CT molecular complexity index is 820. The Hall–Kier alpha value is -1.06. The summed E-state index contributed by atoms with van der Waals surface area (Å²) in [5.41, 5.74) is 0. The summed E-state index contributed by atoms with van der Waals surface area (Å²) < 4.78 is 17.9. The maximum atomic E-state index is 11.9. The van der Waals surface area contributed by atoms with Gasteiger partial charge >= 0.3 is 5.97 Å². The Labute approximate surface area is 273 Å². The minimum atomic E-state index is -0.489. The zero-order chi connectivity index (χ0) is 32.4. The number of esters is 1. The number of ketones is 1. The van der Waals surface area contributed by atoms with Crippen molar-refractivity contribution in [2.75, 3.05) is 0 Å². The molecule has 0 aromatic heterocycles. The van der Waals surface area contributed by atoms with E-state index in [1.165, 1.54) is 51.9 Å². The van der Waals surface area contributed by atoms with Gasteiger partial charge in [0.15, 0.2) is 0 Å². The molecule has 3 aliphatic rings. The van der Waals surface area contributed by atoms with Gasteiger partial charge in [-0.05, 0) is 77.6 Å². The highest BCUT2D eigenvalue weighted by molar-refractivity contribution is 5.83. The third-order valence-corrected chi connectivity index (χ3v) is 10.3.